The lowest BCUT2D eigenvalue weighted by molar-refractivity contribution is -0.119. The largest absolute Gasteiger partial charge is 0.459 e. The number of nitrogens with zero attached hydrogens (tertiary/aromatic N) is 1. The first-order valence-electron chi connectivity index (χ1n) is 9.70. The van der Waals surface area contributed by atoms with E-state index in [4.69, 9.17) is 9.47 Å². The van der Waals surface area contributed by atoms with E-state index in [1.807, 2.05) is 0 Å². The molecular weight excluding hydrogens is 392 g/mol. The van der Waals surface area contributed by atoms with Crippen molar-refractivity contribution in [3.63, 3.8) is 0 Å². The van der Waals surface area contributed by atoms with Gasteiger partial charge in [0.15, 0.2) is 6.61 Å². The van der Waals surface area contributed by atoms with E-state index in [1.165, 1.54) is 11.3 Å². The highest BCUT2D eigenvalue weighted by molar-refractivity contribution is 7.17. The lowest BCUT2D eigenvalue weighted by atomic mass is 9.88. The van der Waals surface area contributed by atoms with E-state index in [2.05, 4.69) is 12.2 Å². The molecule has 1 aliphatic rings. The molecule has 0 saturated carbocycles. The Kier molecular flexibility index (Phi) is 6.42. The number of rotatable bonds is 6. The number of ether oxygens (including phenoxy) is 2. The Morgan fingerprint density at radius 1 is 1.31 bits per heavy atom. The van der Waals surface area contributed by atoms with Gasteiger partial charge < -0.3 is 19.4 Å². The molecule has 156 valence electrons. The first-order valence-corrected chi connectivity index (χ1v) is 10.5. The van der Waals surface area contributed by atoms with Crippen LogP contribution in [0.15, 0.2) is 18.3 Å². The van der Waals surface area contributed by atoms with Crippen molar-refractivity contribution in [2.45, 2.75) is 46.1 Å². The van der Waals surface area contributed by atoms with Crippen LogP contribution in [0.2, 0.25) is 0 Å². The van der Waals surface area contributed by atoms with Crippen molar-refractivity contribution >= 4 is 34.2 Å². The number of aromatic nitrogens is 1. The zero-order valence-corrected chi connectivity index (χ0v) is 17.9. The molecule has 0 unspecified atom stereocenters. The molecule has 0 aliphatic heterocycles. The van der Waals surface area contributed by atoms with Gasteiger partial charge in [-0.05, 0) is 56.7 Å². The van der Waals surface area contributed by atoms with Crippen LogP contribution in [-0.2, 0) is 34.2 Å². The van der Waals surface area contributed by atoms with Gasteiger partial charge >= 0.3 is 11.9 Å². The summed E-state index contributed by atoms with van der Waals surface area (Å²) in [6.45, 7) is 5.33. The van der Waals surface area contributed by atoms with Crippen LogP contribution < -0.4 is 5.32 Å². The third-order valence-electron chi connectivity index (χ3n) is 4.80. The average molecular weight is 419 g/mol. The molecular formula is C21H26N2O5S. The van der Waals surface area contributed by atoms with Gasteiger partial charge in [0.2, 0.25) is 0 Å². The van der Waals surface area contributed by atoms with Crippen molar-refractivity contribution < 1.29 is 23.9 Å². The molecule has 7 nitrogen and oxygen atoms in total. The van der Waals surface area contributed by atoms with E-state index in [0.717, 1.165) is 29.7 Å². The van der Waals surface area contributed by atoms with Crippen LogP contribution in [0.1, 0.15) is 58.5 Å². The van der Waals surface area contributed by atoms with Gasteiger partial charge in [-0.25, -0.2) is 9.59 Å². The van der Waals surface area contributed by atoms with Gasteiger partial charge in [-0.15, -0.1) is 11.3 Å². The molecule has 2 aromatic rings. The highest BCUT2D eigenvalue weighted by atomic mass is 32.1. The number of aryl methyl sites for hydroxylation is 1. The topological polar surface area (TPSA) is 86.6 Å². The van der Waals surface area contributed by atoms with Gasteiger partial charge in [0, 0.05) is 18.1 Å². The average Bonchev–Trinajstić information content (AvgIpc) is 3.21. The van der Waals surface area contributed by atoms with Crippen LogP contribution in [0.5, 0.6) is 0 Å². The number of fused-ring (bicyclic) bond motifs is 1. The van der Waals surface area contributed by atoms with Crippen molar-refractivity contribution in [1.82, 2.24) is 4.57 Å². The molecule has 3 rings (SSSR count). The summed E-state index contributed by atoms with van der Waals surface area (Å²) in [6.07, 6.45) is 4.12. The molecule has 0 spiro atoms. The Balaban J connectivity index is 1.73. The van der Waals surface area contributed by atoms with E-state index >= 15 is 0 Å². The summed E-state index contributed by atoms with van der Waals surface area (Å²) in [7, 11) is 1.72. The van der Waals surface area contributed by atoms with Crippen LogP contribution in [-0.4, -0.2) is 35.1 Å². The molecule has 29 heavy (non-hydrogen) atoms. The Bertz CT molecular complexity index is 928. The predicted molar refractivity (Wildman–Crippen MR) is 110 cm³/mol. The fourth-order valence-electron chi connectivity index (χ4n) is 3.37. The third-order valence-corrected chi connectivity index (χ3v) is 5.97. The number of nitrogens with one attached hydrogen (secondary N) is 1. The molecule has 1 N–H and O–H groups in total. The monoisotopic (exact) mass is 418 g/mol. The first-order chi connectivity index (χ1) is 13.8. The van der Waals surface area contributed by atoms with Crippen LogP contribution >= 0.6 is 11.3 Å². The first kappa shape index (κ1) is 21.1. The van der Waals surface area contributed by atoms with E-state index in [1.54, 1.807) is 43.8 Å². The maximum atomic E-state index is 12.7. The van der Waals surface area contributed by atoms with Gasteiger partial charge in [0.1, 0.15) is 10.7 Å². The fourth-order valence-corrected chi connectivity index (χ4v) is 4.78. The maximum absolute atomic E-state index is 12.7. The van der Waals surface area contributed by atoms with E-state index < -0.39 is 24.5 Å². The third kappa shape index (κ3) is 4.87. The Morgan fingerprint density at radius 3 is 2.72 bits per heavy atom. The molecule has 0 aromatic carbocycles. The minimum atomic E-state index is -0.577. The summed E-state index contributed by atoms with van der Waals surface area (Å²) in [5, 5.41) is 3.21. The Labute approximate surface area is 174 Å². The summed E-state index contributed by atoms with van der Waals surface area (Å²) in [4.78, 5) is 38.3. The minimum absolute atomic E-state index is 0.254. The highest BCUT2D eigenvalue weighted by Crippen LogP contribution is 2.40. The lowest BCUT2D eigenvalue weighted by Crippen LogP contribution is -2.23. The van der Waals surface area contributed by atoms with Crippen molar-refractivity contribution in [3.8, 4) is 0 Å². The van der Waals surface area contributed by atoms with Gasteiger partial charge in [0.05, 0.1) is 11.7 Å². The summed E-state index contributed by atoms with van der Waals surface area (Å²) in [6, 6.07) is 3.34. The van der Waals surface area contributed by atoms with E-state index in [9.17, 15) is 14.4 Å². The molecule has 1 amide bonds. The number of carbonyl (C=O) groups is 3. The molecule has 0 bridgehead atoms. The van der Waals surface area contributed by atoms with Crippen molar-refractivity contribution in [1.29, 1.82) is 0 Å². The second-order valence-electron chi connectivity index (χ2n) is 7.64. The summed E-state index contributed by atoms with van der Waals surface area (Å²) >= 11 is 1.41. The summed E-state index contributed by atoms with van der Waals surface area (Å²) < 4.78 is 12.1. The molecule has 0 radical (unpaired) electrons. The predicted octanol–water partition coefficient (Wildman–Crippen LogP) is 3.57. The summed E-state index contributed by atoms with van der Waals surface area (Å²) in [5.74, 6) is -0.961. The molecule has 1 aliphatic carbocycles. The number of anilines is 1. The van der Waals surface area contributed by atoms with E-state index in [0.29, 0.717) is 22.2 Å². The second-order valence-corrected chi connectivity index (χ2v) is 8.74. The van der Waals surface area contributed by atoms with Gasteiger partial charge in [-0.2, -0.15) is 0 Å². The zero-order valence-electron chi connectivity index (χ0n) is 17.1. The normalized spacial score (nSPS) is 15.7. The number of hydrogen-bond acceptors (Lipinski definition) is 6. The molecule has 1 atom stereocenters. The number of esters is 2. The zero-order chi connectivity index (χ0) is 21.1. The SMILES string of the molecule is CC(C)OC(=O)c1c(NC(=O)COC(=O)c2cccn2C)sc2c1CC[C@H](C)C2. The van der Waals surface area contributed by atoms with Crippen molar-refractivity contribution in [2.24, 2.45) is 13.0 Å². The molecule has 0 fully saturated rings. The quantitative estimate of drug-likeness (QED) is 0.725. The van der Waals surface area contributed by atoms with Crippen LogP contribution in [0, 0.1) is 5.92 Å². The van der Waals surface area contributed by atoms with Crippen molar-refractivity contribution in [2.75, 3.05) is 11.9 Å². The number of carbonyl (C=O) groups excluding carboxylic acids is 3. The standard InChI is InChI=1S/C21H26N2O5S/c1-12(2)28-21(26)18-14-8-7-13(3)10-16(14)29-19(18)22-17(24)11-27-20(25)15-6-5-9-23(15)4/h5-6,9,12-13H,7-8,10-11H2,1-4H3,(H,22,24)/t13-/m0/s1. The molecule has 2 aromatic heterocycles. The van der Waals surface area contributed by atoms with Crippen LogP contribution in [0.3, 0.4) is 0 Å². The van der Waals surface area contributed by atoms with Crippen LogP contribution in [0.25, 0.3) is 0 Å². The molecule has 2 heterocycles. The highest BCUT2D eigenvalue weighted by Gasteiger charge is 2.29. The fraction of sp³-hybridized carbons (Fsp3) is 0.476. The van der Waals surface area contributed by atoms with Crippen molar-refractivity contribution in [3.05, 3.63) is 40.0 Å². The maximum Gasteiger partial charge on any atom is 0.355 e. The number of thiophene rings is 1. The number of amides is 1. The van der Waals surface area contributed by atoms with Gasteiger partial charge in [0.25, 0.3) is 5.91 Å². The van der Waals surface area contributed by atoms with Gasteiger partial charge in [-0.3, -0.25) is 4.79 Å². The number of hydrogen-bond donors (Lipinski definition) is 1. The smallest absolute Gasteiger partial charge is 0.355 e. The molecule has 8 heteroatoms. The minimum Gasteiger partial charge on any atom is -0.459 e. The second kappa shape index (κ2) is 8.82. The Morgan fingerprint density at radius 2 is 2.07 bits per heavy atom. The summed E-state index contributed by atoms with van der Waals surface area (Å²) in [5.41, 5.74) is 1.77. The van der Waals surface area contributed by atoms with Gasteiger partial charge in [-0.1, -0.05) is 6.92 Å². The molecule has 0 saturated heterocycles. The van der Waals surface area contributed by atoms with E-state index in [-0.39, 0.29) is 6.10 Å². The Hall–Kier alpha value is -2.61. The lowest BCUT2D eigenvalue weighted by Gasteiger charge is -2.18. The van der Waals surface area contributed by atoms with Crippen LogP contribution in [0.4, 0.5) is 5.00 Å².